The van der Waals surface area contributed by atoms with Gasteiger partial charge in [-0.1, -0.05) is 12.1 Å². The van der Waals surface area contributed by atoms with Crippen LogP contribution in [0.5, 0.6) is 0 Å². The number of benzene rings is 1. The molecule has 1 saturated heterocycles. The van der Waals surface area contributed by atoms with Crippen LogP contribution in [0.15, 0.2) is 55.0 Å². The minimum absolute atomic E-state index is 0.0985. The fraction of sp³-hybridized carbons (Fsp3) is 0.238. The van der Waals surface area contributed by atoms with Crippen LogP contribution in [0.4, 0.5) is 4.39 Å². The highest BCUT2D eigenvalue weighted by Crippen LogP contribution is 2.34. The maximum absolute atomic E-state index is 13.2. The Hall–Kier alpha value is -3.15. The van der Waals surface area contributed by atoms with Crippen LogP contribution >= 0.6 is 0 Å². The molecule has 1 aromatic carbocycles. The van der Waals surface area contributed by atoms with Crippen LogP contribution in [0.3, 0.4) is 0 Å². The van der Waals surface area contributed by atoms with E-state index in [-0.39, 0.29) is 17.8 Å². The van der Waals surface area contributed by atoms with Gasteiger partial charge >= 0.3 is 0 Å². The van der Waals surface area contributed by atoms with E-state index in [1.165, 1.54) is 24.5 Å². The van der Waals surface area contributed by atoms with Gasteiger partial charge in [0.1, 0.15) is 11.5 Å². The van der Waals surface area contributed by atoms with Crippen LogP contribution in [0.1, 0.15) is 40.8 Å². The van der Waals surface area contributed by atoms with Gasteiger partial charge in [-0.25, -0.2) is 9.37 Å². The molecule has 0 unspecified atom stereocenters. The first kappa shape index (κ1) is 17.3. The molecule has 1 amide bonds. The number of aromatic nitrogens is 3. The van der Waals surface area contributed by atoms with Crippen molar-refractivity contribution in [3.8, 4) is 11.1 Å². The molecule has 1 atom stereocenters. The summed E-state index contributed by atoms with van der Waals surface area (Å²) < 4.78 is 13.2. The predicted octanol–water partition coefficient (Wildman–Crippen LogP) is 3.96. The summed E-state index contributed by atoms with van der Waals surface area (Å²) in [6, 6.07) is 10.3. The molecule has 6 heteroatoms. The van der Waals surface area contributed by atoms with Gasteiger partial charge in [-0.2, -0.15) is 0 Å². The average Bonchev–Trinajstić information content (AvgIpc) is 3.18. The summed E-state index contributed by atoms with van der Waals surface area (Å²) in [6.45, 7) is 2.60. The molecular formula is C21H19FN4O. The number of halogens is 1. The van der Waals surface area contributed by atoms with E-state index in [0.29, 0.717) is 12.2 Å². The zero-order valence-corrected chi connectivity index (χ0v) is 15.0. The molecule has 3 aromatic rings. The molecule has 0 aliphatic carbocycles. The number of carbonyl (C=O) groups is 1. The summed E-state index contributed by atoms with van der Waals surface area (Å²) in [5, 5.41) is 0. The van der Waals surface area contributed by atoms with Crippen molar-refractivity contribution in [2.75, 3.05) is 6.54 Å². The normalized spacial score (nSPS) is 16.5. The van der Waals surface area contributed by atoms with Gasteiger partial charge in [0.05, 0.1) is 17.9 Å². The van der Waals surface area contributed by atoms with Gasteiger partial charge in [-0.3, -0.25) is 14.8 Å². The first-order chi connectivity index (χ1) is 13.1. The van der Waals surface area contributed by atoms with Crippen molar-refractivity contribution in [3.63, 3.8) is 0 Å². The summed E-state index contributed by atoms with van der Waals surface area (Å²) in [7, 11) is 0. The van der Waals surface area contributed by atoms with Crippen LogP contribution in [0.2, 0.25) is 0 Å². The van der Waals surface area contributed by atoms with Crippen LogP contribution in [-0.4, -0.2) is 32.3 Å². The molecule has 0 N–H and O–H groups in total. The summed E-state index contributed by atoms with van der Waals surface area (Å²) in [5.41, 5.74) is 3.95. The Bertz CT molecular complexity index is 960. The maximum atomic E-state index is 13.2. The molecule has 0 spiro atoms. The lowest BCUT2D eigenvalue weighted by atomic mass is 10.0. The van der Waals surface area contributed by atoms with E-state index >= 15 is 0 Å². The van der Waals surface area contributed by atoms with Crippen molar-refractivity contribution in [2.24, 2.45) is 0 Å². The van der Waals surface area contributed by atoms with Crippen LogP contribution < -0.4 is 0 Å². The first-order valence-corrected chi connectivity index (χ1v) is 8.93. The van der Waals surface area contributed by atoms with E-state index in [2.05, 4.69) is 15.0 Å². The number of hydrogen-bond donors (Lipinski definition) is 0. The number of rotatable bonds is 3. The number of amides is 1. The Labute approximate surface area is 156 Å². The molecule has 27 heavy (non-hydrogen) atoms. The summed E-state index contributed by atoms with van der Waals surface area (Å²) >= 11 is 0. The molecular weight excluding hydrogens is 343 g/mol. The van der Waals surface area contributed by atoms with Gasteiger partial charge in [-0.05, 0) is 55.2 Å². The molecule has 5 nitrogen and oxygen atoms in total. The second kappa shape index (κ2) is 7.23. The molecule has 1 aliphatic heterocycles. The standard InChI is InChI=1S/C21H19FN4O/c1-14-11-16(15-4-6-17(22)7-5-15)12-18(25-14)20-3-2-10-26(20)21(27)19-13-23-8-9-24-19/h4-9,11-13,20H,2-3,10H2,1H3/t20-/m0/s1. The second-order valence-corrected chi connectivity index (χ2v) is 6.68. The summed E-state index contributed by atoms with van der Waals surface area (Å²) in [4.78, 5) is 27.5. The molecule has 0 bridgehead atoms. The van der Waals surface area contributed by atoms with Gasteiger partial charge in [0.2, 0.25) is 0 Å². The Balaban J connectivity index is 1.68. The van der Waals surface area contributed by atoms with Crippen molar-refractivity contribution < 1.29 is 9.18 Å². The molecule has 0 saturated carbocycles. The van der Waals surface area contributed by atoms with E-state index in [1.807, 2.05) is 24.0 Å². The Kier molecular flexibility index (Phi) is 4.62. The predicted molar refractivity (Wildman–Crippen MR) is 99.4 cm³/mol. The SMILES string of the molecule is Cc1cc(-c2ccc(F)cc2)cc([C@@H]2CCCN2C(=O)c2cnccn2)n1. The van der Waals surface area contributed by atoms with Crippen molar-refractivity contribution in [1.82, 2.24) is 19.9 Å². The third-order valence-electron chi connectivity index (χ3n) is 4.79. The molecule has 1 aliphatic rings. The van der Waals surface area contributed by atoms with Gasteiger partial charge in [0, 0.05) is 24.6 Å². The number of aryl methyl sites for hydroxylation is 1. The lowest BCUT2D eigenvalue weighted by molar-refractivity contribution is 0.0726. The van der Waals surface area contributed by atoms with E-state index in [9.17, 15) is 9.18 Å². The van der Waals surface area contributed by atoms with Crippen LogP contribution in [0.25, 0.3) is 11.1 Å². The maximum Gasteiger partial charge on any atom is 0.274 e. The van der Waals surface area contributed by atoms with Crippen molar-refractivity contribution in [1.29, 1.82) is 0 Å². The number of likely N-dealkylation sites (tertiary alicyclic amines) is 1. The highest BCUT2D eigenvalue weighted by Gasteiger charge is 2.32. The van der Waals surface area contributed by atoms with Crippen molar-refractivity contribution >= 4 is 5.91 Å². The van der Waals surface area contributed by atoms with Crippen molar-refractivity contribution in [3.05, 3.63) is 77.9 Å². The Morgan fingerprint density at radius 2 is 1.96 bits per heavy atom. The highest BCUT2D eigenvalue weighted by atomic mass is 19.1. The number of nitrogens with zero attached hydrogens (tertiary/aromatic N) is 4. The smallest absolute Gasteiger partial charge is 0.274 e. The monoisotopic (exact) mass is 362 g/mol. The minimum atomic E-state index is -0.263. The molecule has 3 heterocycles. The number of pyridine rings is 1. The quantitative estimate of drug-likeness (QED) is 0.707. The van der Waals surface area contributed by atoms with Gasteiger partial charge in [-0.15, -0.1) is 0 Å². The average molecular weight is 362 g/mol. The second-order valence-electron chi connectivity index (χ2n) is 6.68. The molecule has 0 radical (unpaired) electrons. The van der Waals surface area contributed by atoms with Gasteiger partial charge < -0.3 is 4.90 Å². The van der Waals surface area contributed by atoms with E-state index in [1.54, 1.807) is 18.3 Å². The molecule has 4 rings (SSSR count). The largest absolute Gasteiger partial charge is 0.329 e. The Morgan fingerprint density at radius 3 is 2.70 bits per heavy atom. The van der Waals surface area contributed by atoms with Gasteiger partial charge in [0.15, 0.2) is 0 Å². The highest BCUT2D eigenvalue weighted by molar-refractivity contribution is 5.92. The summed E-state index contributed by atoms with van der Waals surface area (Å²) in [6.07, 6.45) is 6.33. The van der Waals surface area contributed by atoms with Crippen molar-refractivity contribution in [2.45, 2.75) is 25.8 Å². The first-order valence-electron chi connectivity index (χ1n) is 8.93. The zero-order valence-electron chi connectivity index (χ0n) is 15.0. The molecule has 1 fully saturated rings. The van der Waals surface area contributed by atoms with E-state index in [0.717, 1.165) is 35.4 Å². The fourth-order valence-electron chi connectivity index (χ4n) is 3.55. The summed E-state index contributed by atoms with van der Waals surface area (Å²) in [5.74, 6) is -0.390. The molecule has 2 aromatic heterocycles. The van der Waals surface area contributed by atoms with E-state index in [4.69, 9.17) is 0 Å². The minimum Gasteiger partial charge on any atom is -0.329 e. The third kappa shape index (κ3) is 3.56. The molecule has 136 valence electrons. The van der Waals surface area contributed by atoms with Crippen LogP contribution in [-0.2, 0) is 0 Å². The number of carbonyl (C=O) groups excluding carboxylic acids is 1. The topological polar surface area (TPSA) is 59.0 Å². The van der Waals surface area contributed by atoms with E-state index < -0.39 is 0 Å². The number of hydrogen-bond acceptors (Lipinski definition) is 4. The third-order valence-corrected chi connectivity index (χ3v) is 4.79. The fourth-order valence-corrected chi connectivity index (χ4v) is 3.55. The van der Waals surface area contributed by atoms with Gasteiger partial charge in [0.25, 0.3) is 5.91 Å². The zero-order chi connectivity index (χ0) is 18.8. The Morgan fingerprint density at radius 1 is 1.15 bits per heavy atom. The van der Waals surface area contributed by atoms with Crippen LogP contribution in [0, 0.1) is 12.7 Å². The lowest BCUT2D eigenvalue weighted by Crippen LogP contribution is -2.31. The lowest BCUT2D eigenvalue weighted by Gasteiger charge is -2.24.